The Morgan fingerprint density at radius 3 is 2.57 bits per heavy atom. The first-order valence-electron chi connectivity index (χ1n) is 9.81. The van der Waals surface area contributed by atoms with Gasteiger partial charge in [0.2, 0.25) is 0 Å². The number of nitrogens with zero attached hydrogens (tertiary/aromatic N) is 2. The molecular formula is C20H25N5O3. The van der Waals surface area contributed by atoms with Crippen LogP contribution in [0, 0.1) is 0 Å². The molecule has 2 aliphatic rings. The molecular weight excluding hydrogens is 358 g/mol. The predicted molar refractivity (Wildman–Crippen MR) is 109 cm³/mol. The number of carbonyl (C=O) groups excluding carboxylic acids is 1. The molecule has 148 valence electrons. The Labute approximate surface area is 162 Å². The number of hydrogen-bond donors (Lipinski definition) is 3. The molecule has 1 aromatic carbocycles. The van der Waals surface area contributed by atoms with Crippen LogP contribution in [-0.4, -0.2) is 35.0 Å². The van der Waals surface area contributed by atoms with Crippen molar-refractivity contribution in [2.75, 3.05) is 35.6 Å². The van der Waals surface area contributed by atoms with Crippen LogP contribution in [0.1, 0.15) is 48.5 Å². The Morgan fingerprint density at radius 2 is 1.86 bits per heavy atom. The average Bonchev–Trinajstić information content (AvgIpc) is 3.52. The first-order valence-corrected chi connectivity index (χ1v) is 9.81. The lowest BCUT2D eigenvalue weighted by atomic mass is 10.1. The number of nitrogens with one attached hydrogen (secondary N) is 2. The predicted octanol–water partition coefficient (Wildman–Crippen LogP) is 1.74. The van der Waals surface area contributed by atoms with Gasteiger partial charge in [-0.15, -0.1) is 0 Å². The van der Waals surface area contributed by atoms with Gasteiger partial charge in [-0.25, -0.2) is 4.79 Å². The Hall–Kier alpha value is -3.03. The largest absolute Gasteiger partial charge is 0.384 e. The van der Waals surface area contributed by atoms with Crippen LogP contribution in [0.4, 0.5) is 17.2 Å². The first kappa shape index (κ1) is 18.3. The van der Waals surface area contributed by atoms with Crippen molar-refractivity contribution in [2.45, 2.75) is 38.1 Å². The van der Waals surface area contributed by atoms with E-state index < -0.39 is 17.0 Å². The zero-order chi connectivity index (χ0) is 19.7. The van der Waals surface area contributed by atoms with Crippen molar-refractivity contribution in [1.82, 2.24) is 9.55 Å². The summed E-state index contributed by atoms with van der Waals surface area (Å²) in [4.78, 5) is 41.5. The number of nitrogen functional groups attached to an aromatic ring is 1. The van der Waals surface area contributed by atoms with Gasteiger partial charge in [0, 0.05) is 19.1 Å². The minimum Gasteiger partial charge on any atom is -0.384 e. The van der Waals surface area contributed by atoms with E-state index in [1.165, 1.54) is 11.0 Å². The lowest BCUT2D eigenvalue weighted by molar-refractivity contribution is 0.100. The summed E-state index contributed by atoms with van der Waals surface area (Å²) in [6.45, 7) is 1.91. The molecule has 0 spiro atoms. The number of ketones is 1. The molecule has 0 radical (unpaired) electrons. The molecule has 1 aliphatic carbocycles. The van der Waals surface area contributed by atoms with Crippen LogP contribution in [-0.2, 0) is 0 Å². The second-order valence-corrected chi connectivity index (χ2v) is 7.46. The number of anilines is 3. The third-order valence-corrected chi connectivity index (χ3v) is 5.41. The van der Waals surface area contributed by atoms with Gasteiger partial charge in [-0.3, -0.25) is 19.1 Å². The molecule has 0 atom stereocenters. The maximum atomic E-state index is 12.8. The van der Waals surface area contributed by atoms with Crippen LogP contribution in [0.2, 0.25) is 0 Å². The average molecular weight is 383 g/mol. The highest BCUT2D eigenvalue weighted by molar-refractivity contribution is 6.02. The van der Waals surface area contributed by atoms with Gasteiger partial charge in [0.25, 0.3) is 5.56 Å². The molecule has 2 fully saturated rings. The summed E-state index contributed by atoms with van der Waals surface area (Å²) in [7, 11) is 0. The number of benzene rings is 1. The summed E-state index contributed by atoms with van der Waals surface area (Å²) < 4.78 is 1.33. The van der Waals surface area contributed by atoms with Crippen LogP contribution < -0.4 is 27.2 Å². The van der Waals surface area contributed by atoms with Crippen LogP contribution in [0.15, 0.2) is 33.9 Å². The molecule has 0 bridgehead atoms. The van der Waals surface area contributed by atoms with Gasteiger partial charge in [0.15, 0.2) is 5.78 Å². The molecule has 8 heteroatoms. The monoisotopic (exact) mass is 383 g/mol. The second-order valence-electron chi connectivity index (χ2n) is 7.46. The van der Waals surface area contributed by atoms with E-state index in [4.69, 9.17) is 5.73 Å². The van der Waals surface area contributed by atoms with E-state index in [0.29, 0.717) is 0 Å². The van der Waals surface area contributed by atoms with E-state index in [0.717, 1.165) is 50.1 Å². The van der Waals surface area contributed by atoms with Crippen LogP contribution >= 0.6 is 0 Å². The van der Waals surface area contributed by atoms with Crippen molar-refractivity contribution < 1.29 is 4.79 Å². The summed E-state index contributed by atoms with van der Waals surface area (Å²) in [5, 5.41) is 3.16. The maximum Gasteiger partial charge on any atom is 0.330 e. The van der Waals surface area contributed by atoms with Gasteiger partial charge in [0.1, 0.15) is 11.4 Å². The van der Waals surface area contributed by atoms with E-state index in [1.807, 2.05) is 24.3 Å². The van der Waals surface area contributed by atoms with E-state index >= 15 is 0 Å². The number of rotatable bonds is 6. The molecule has 0 amide bonds. The number of nitrogens with two attached hydrogens (primary N) is 1. The first-order chi connectivity index (χ1) is 13.6. The fraction of sp³-hybridized carbons (Fsp3) is 0.450. The number of Topliss-reactive ketones (excluding diaryl/α,β-unsaturated/α-hetero) is 1. The van der Waals surface area contributed by atoms with Gasteiger partial charge in [-0.1, -0.05) is 12.1 Å². The third-order valence-electron chi connectivity index (χ3n) is 5.41. The highest BCUT2D eigenvalue weighted by Gasteiger charge is 2.30. The summed E-state index contributed by atoms with van der Waals surface area (Å²) >= 11 is 0. The summed E-state index contributed by atoms with van der Waals surface area (Å²) in [6, 6.07) is 7.83. The molecule has 4 rings (SSSR count). The molecule has 1 saturated heterocycles. The van der Waals surface area contributed by atoms with Crippen LogP contribution in [0.5, 0.6) is 0 Å². The van der Waals surface area contributed by atoms with Crippen molar-refractivity contribution in [3.05, 3.63) is 50.7 Å². The van der Waals surface area contributed by atoms with Crippen molar-refractivity contribution in [2.24, 2.45) is 0 Å². The topological polar surface area (TPSA) is 113 Å². The number of aromatic nitrogens is 2. The van der Waals surface area contributed by atoms with Gasteiger partial charge in [-0.2, -0.15) is 0 Å². The highest BCUT2D eigenvalue weighted by Crippen LogP contribution is 2.35. The molecule has 8 nitrogen and oxygen atoms in total. The van der Waals surface area contributed by atoms with Gasteiger partial charge in [-0.05, 0) is 44.2 Å². The van der Waals surface area contributed by atoms with E-state index in [-0.39, 0.29) is 24.0 Å². The van der Waals surface area contributed by atoms with Crippen molar-refractivity contribution in [1.29, 1.82) is 0 Å². The summed E-state index contributed by atoms with van der Waals surface area (Å²) in [5.74, 6) is -0.464. The number of H-pyrrole nitrogens is 1. The maximum absolute atomic E-state index is 12.8. The molecule has 1 saturated carbocycles. The Kier molecular flexibility index (Phi) is 4.93. The zero-order valence-corrected chi connectivity index (χ0v) is 15.7. The standard InChI is InChI=1S/C20H25N5O3/c21-18-17(19(27)23-20(28)25(18)13-8-9-13)16(26)12-22-14-6-2-3-7-15(14)24-10-4-1-5-11-24/h2-3,6-7,13,22H,1,4-5,8-12,21H2,(H,23,27,28). The second kappa shape index (κ2) is 7.53. The lowest BCUT2D eigenvalue weighted by Gasteiger charge is -2.30. The fourth-order valence-electron chi connectivity index (χ4n) is 3.83. The Morgan fingerprint density at radius 1 is 1.14 bits per heavy atom. The van der Waals surface area contributed by atoms with Crippen LogP contribution in [0.25, 0.3) is 0 Å². The number of para-hydroxylation sites is 2. The molecule has 1 aliphatic heterocycles. The fourth-order valence-corrected chi connectivity index (χ4v) is 3.83. The van der Waals surface area contributed by atoms with E-state index in [1.54, 1.807) is 0 Å². The van der Waals surface area contributed by atoms with Crippen molar-refractivity contribution >= 4 is 23.0 Å². The molecule has 4 N–H and O–H groups in total. The highest BCUT2D eigenvalue weighted by atomic mass is 16.2. The third kappa shape index (κ3) is 3.54. The van der Waals surface area contributed by atoms with Crippen molar-refractivity contribution in [3.63, 3.8) is 0 Å². The van der Waals surface area contributed by atoms with Crippen LogP contribution in [0.3, 0.4) is 0 Å². The smallest absolute Gasteiger partial charge is 0.330 e. The van der Waals surface area contributed by atoms with Gasteiger partial charge in [0.05, 0.1) is 17.9 Å². The normalized spacial score (nSPS) is 16.8. The Bertz CT molecular complexity index is 1000. The molecule has 2 heterocycles. The lowest BCUT2D eigenvalue weighted by Crippen LogP contribution is -2.37. The quantitative estimate of drug-likeness (QED) is 0.655. The van der Waals surface area contributed by atoms with Gasteiger partial charge < -0.3 is 16.0 Å². The minimum atomic E-state index is -0.726. The zero-order valence-electron chi connectivity index (χ0n) is 15.7. The van der Waals surface area contributed by atoms with Gasteiger partial charge >= 0.3 is 5.69 Å². The summed E-state index contributed by atoms with van der Waals surface area (Å²) in [5.41, 5.74) is 6.51. The van der Waals surface area contributed by atoms with E-state index in [2.05, 4.69) is 15.2 Å². The van der Waals surface area contributed by atoms with Crippen molar-refractivity contribution in [3.8, 4) is 0 Å². The Balaban J connectivity index is 1.55. The molecule has 1 aromatic heterocycles. The molecule has 0 unspecified atom stereocenters. The molecule has 28 heavy (non-hydrogen) atoms. The summed E-state index contributed by atoms with van der Waals surface area (Å²) in [6.07, 6.45) is 5.20. The number of piperidine rings is 1. The number of carbonyl (C=O) groups is 1. The number of aromatic amines is 1. The minimum absolute atomic E-state index is 0.0244. The molecule has 2 aromatic rings. The SMILES string of the molecule is Nc1c(C(=O)CNc2ccccc2N2CCCCC2)c(=O)[nH]c(=O)n1C1CC1. The number of hydrogen-bond acceptors (Lipinski definition) is 6. The van der Waals surface area contributed by atoms with E-state index in [9.17, 15) is 14.4 Å².